The van der Waals surface area contributed by atoms with Crippen LogP contribution in [-0.2, 0) is 6.42 Å². The van der Waals surface area contributed by atoms with Crippen LogP contribution in [-0.4, -0.2) is 17.8 Å². The van der Waals surface area contributed by atoms with E-state index < -0.39 is 0 Å². The average Bonchev–Trinajstić information content (AvgIpc) is 2.52. The van der Waals surface area contributed by atoms with Crippen LogP contribution in [0.4, 0.5) is 0 Å². The van der Waals surface area contributed by atoms with Gasteiger partial charge < -0.3 is 5.32 Å². The Hall–Kier alpha value is -1.32. The number of rotatable bonds is 7. The van der Waals surface area contributed by atoms with Gasteiger partial charge in [-0.25, -0.2) is 0 Å². The van der Waals surface area contributed by atoms with Gasteiger partial charge in [0.05, 0.1) is 0 Å². The Bertz CT molecular complexity index is 496. The summed E-state index contributed by atoms with van der Waals surface area (Å²) in [5, 5.41) is 3.64. The van der Waals surface area contributed by atoms with E-state index in [0.29, 0.717) is 6.04 Å². The number of thioether (sulfide) groups is 1. The number of aromatic nitrogens is 1. The molecule has 2 aromatic rings. The van der Waals surface area contributed by atoms with Gasteiger partial charge in [0, 0.05) is 23.3 Å². The summed E-state index contributed by atoms with van der Waals surface area (Å²) < 4.78 is 0. The van der Waals surface area contributed by atoms with Crippen molar-refractivity contribution in [2.45, 2.75) is 30.7 Å². The van der Waals surface area contributed by atoms with E-state index in [2.05, 4.69) is 53.8 Å². The second-order valence-electron chi connectivity index (χ2n) is 4.85. The van der Waals surface area contributed by atoms with Gasteiger partial charge in [0.15, 0.2) is 0 Å². The number of pyridine rings is 1. The van der Waals surface area contributed by atoms with Crippen molar-refractivity contribution in [2.75, 3.05) is 12.8 Å². The van der Waals surface area contributed by atoms with Gasteiger partial charge in [-0.05, 0) is 55.0 Å². The number of nitrogens with one attached hydrogen (secondary N) is 1. The van der Waals surface area contributed by atoms with E-state index in [-0.39, 0.29) is 0 Å². The molecule has 1 N–H and O–H groups in total. The van der Waals surface area contributed by atoms with Crippen molar-refractivity contribution in [1.82, 2.24) is 10.3 Å². The summed E-state index contributed by atoms with van der Waals surface area (Å²) in [7, 11) is 0. The number of nitrogens with zero attached hydrogens (tertiary/aromatic N) is 1. The number of hydrogen-bond donors (Lipinski definition) is 1. The van der Waals surface area contributed by atoms with Crippen LogP contribution in [0, 0.1) is 0 Å². The Labute approximate surface area is 126 Å². The SMILES string of the molecule is CCCNC(Cc1cccnc1)c1ccc(SC)cc1. The fourth-order valence-electron chi connectivity index (χ4n) is 2.22. The van der Waals surface area contributed by atoms with Crippen LogP contribution in [0.15, 0.2) is 53.7 Å². The molecule has 1 heterocycles. The van der Waals surface area contributed by atoms with Crippen LogP contribution in [0.1, 0.15) is 30.5 Å². The molecule has 0 spiro atoms. The molecule has 0 bridgehead atoms. The second kappa shape index (κ2) is 8.08. The molecule has 0 saturated carbocycles. The Morgan fingerprint density at radius 2 is 2.00 bits per heavy atom. The predicted molar refractivity (Wildman–Crippen MR) is 87.2 cm³/mol. The van der Waals surface area contributed by atoms with Gasteiger partial charge in [0.1, 0.15) is 0 Å². The molecule has 1 atom stereocenters. The summed E-state index contributed by atoms with van der Waals surface area (Å²) >= 11 is 1.78. The fraction of sp³-hybridized carbons (Fsp3) is 0.353. The molecular weight excluding hydrogens is 264 g/mol. The minimum absolute atomic E-state index is 0.357. The lowest BCUT2D eigenvalue weighted by molar-refractivity contribution is 0.528. The van der Waals surface area contributed by atoms with Crippen molar-refractivity contribution in [3.05, 3.63) is 59.9 Å². The largest absolute Gasteiger partial charge is 0.310 e. The van der Waals surface area contributed by atoms with Gasteiger partial charge in [0.2, 0.25) is 0 Å². The maximum absolute atomic E-state index is 4.21. The molecule has 3 heteroatoms. The van der Waals surface area contributed by atoms with E-state index in [1.807, 2.05) is 18.5 Å². The summed E-state index contributed by atoms with van der Waals surface area (Å²) in [6, 6.07) is 13.4. The van der Waals surface area contributed by atoms with Crippen LogP contribution in [0.5, 0.6) is 0 Å². The van der Waals surface area contributed by atoms with Gasteiger partial charge in [-0.1, -0.05) is 25.1 Å². The minimum Gasteiger partial charge on any atom is -0.310 e. The van der Waals surface area contributed by atoms with Crippen LogP contribution >= 0.6 is 11.8 Å². The maximum Gasteiger partial charge on any atom is 0.0361 e. The van der Waals surface area contributed by atoms with Crippen molar-refractivity contribution in [3.63, 3.8) is 0 Å². The highest BCUT2D eigenvalue weighted by Gasteiger charge is 2.11. The van der Waals surface area contributed by atoms with Gasteiger partial charge in [-0.3, -0.25) is 4.98 Å². The third-order valence-electron chi connectivity index (χ3n) is 3.32. The zero-order valence-corrected chi connectivity index (χ0v) is 13.0. The molecule has 0 aliphatic rings. The molecule has 2 rings (SSSR count). The summed E-state index contributed by atoms with van der Waals surface area (Å²) in [5.41, 5.74) is 2.62. The highest BCUT2D eigenvalue weighted by molar-refractivity contribution is 7.98. The third kappa shape index (κ3) is 4.36. The Kier molecular flexibility index (Phi) is 6.09. The maximum atomic E-state index is 4.21. The molecule has 0 fully saturated rings. The van der Waals surface area contributed by atoms with Crippen LogP contribution in [0.25, 0.3) is 0 Å². The lowest BCUT2D eigenvalue weighted by Crippen LogP contribution is -2.24. The fourth-order valence-corrected chi connectivity index (χ4v) is 2.63. The van der Waals surface area contributed by atoms with Crippen molar-refractivity contribution in [2.24, 2.45) is 0 Å². The minimum atomic E-state index is 0.357. The van der Waals surface area contributed by atoms with E-state index in [9.17, 15) is 0 Å². The van der Waals surface area contributed by atoms with Crippen molar-refractivity contribution < 1.29 is 0 Å². The van der Waals surface area contributed by atoms with E-state index >= 15 is 0 Å². The standard InChI is InChI=1S/C17H22N2S/c1-3-10-19-17(12-14-5-4-11-18-13-14)15-6-8-16(20-2)9-7-15/h4-9,11,13,17,19H,3,10,12H2,1-2H3. The Morgan fingerprint density at radius 3 is 2.60 bits per heavy atom. The quantitative estimate of drug-likeness (QED) is 0.776. The summed E-state index contributed by atoms with van der Waals surface area (Å²) in [4.78, 5) is 5.52. The van der Waals surface area contributed by atoms with E-state index in [0.717, 1.165) is 19.4 Å². The first kappa shape index (κ1) is 15.1. The topological polar surface area (TPSA) is 24.9 Å². The lowest BCUT2D eigenvalue weighted by atomic mass is 10.00. The van der Waals surface area contributed by atoms with Crippen LogP contribution < -0.4 is 5.32 Å². The van der Waals surface area contributed by atoms with Gasteiger partial charge in [-0.2, -0.15) is 0 Å². The number of benzene rings is 1. The summed E-state index contributed by atoms with van der Waals surface area (Å²) in [5.74, 6) is 0. The molecule has 0 aliphatic carbocycles. The van der Waals surface area contributed by atoms with Crippen molar-refractivity contribution in [3.8, 4) is 0 Å². The summed E-state index contributed by atoms with van der Waals surface area (Å²) in [6.45, 7) is 3.24. The van der Waals surface area contributed by atoms with Crippen LogP contribution in [0.3, 0.4) is 0 Å². The first-order valence-corrected chi connectivity index (χ1v) is 8.32. The highest BCUT2D eigenvalue weighted by Crippen LogP contribution is 2.22. The molecule has 106 valence electrons. The molecule has 0 radical (unpaired) electrons. The summed E-state index contributed by atoms with van der Waals surface area (Å²) in [6.07, 6.45) is 8.01. The number of hydrogen-bond acceptors (Lipinski definition) is 3. The van der Waals surface area contributed by atoms with E-state index in [1.165, 1.54) is 16.0 Å². The first-order valence-electron chi connectivity index (χ1n) is 7.09. The molecule has 1 unspecified atom stereocenters. The first-order chi connectivity index (χ1) is 9.83. The molecule has 0 saturated heterocycles. The van der Waals surface area contributed by atoms with E-state index in [4.69, 9.17) is 0 Å². The lowest BCUT2D eigenvalue weighted by Gasteiger charge is -2.19. The normalized spacial score (nSPS) is 12.3. The molecule has 1 aromatic carbocycles. The predicted octanol–water partition coefficient (Wildman–Crippen LogP) is 4.09. The smallest absolute Gasteiger partial charge is 0.0361 e. The molecule has 0 aliphatic heterocycles. The highest BCUT2D eigenvalue weighted by atomic mass is 32.2. The average molecular weight is 286 g/mol. The monoisotopic (exact) mass is 286 g/mol. The molecule has 20 heavy (non-hydrogen) atoms. The molecule has 2 nitrogen and oxygen atoms in total. The van der Waals surface area contributed by atoms with E-state index in [1.54, 1.807) is 11.8 Å². The van der Waals surface area contributed by atoms with Gasteiger partial charge in [0.25, 0.3) is 0 Å². The Balaban J connectivity index is 2.13. The second-order valence-corrected chi connectivity index (χ2v) is 5.72. The third-order valence-corrected chi connectivity index (χ3v) is 4.07. The zero-order chi connectivity index (χ0) is 14.2. The van der Waals surface area contributed by atoms with Crippen molar-refractivity contribution >= 4 is 11.8 Å². The van der Waals surface area contributed by atoms with Crippen LogP contribution in [0.2, 0.25) is 0 Å². The molecular formula is C17H22N2S. The Morgan fingerprint density at radius 1 is 1.20 bits per heavy atom. The zero-order valence-electron chi connectivity index (χ0n) is 12.2. The van der Waals surface area contributed by atoms with Crippen molar-refractivity contribution in [1.29, 1.82) is 0 Å². The molecule has 0 amide bonds. The van der Waals surface area contributed by atoms with Gasteiger partial charge >= 0.3 is 0 Å². The molecule has 1 aromatic heterocycles. The van der Waals surface area contributed by atoms with Gasteiger partial charge in [-0.15, -0.1) is 11.8 Å².